The Morgan fingerprint density at radius 3 is 2.38 bits per heavy atom. The van der Waals surface area contributed by atoms with Crippen LogP contribution in [0.2, 0.25) is 0 Å². The van der Waals surface area contributed by atoms with E-state index in [0.29, 0.717) is 11.1 Å². The molecule has 0 bridgehead atoms. The number of hydrazine groups is 1. The van der Waals surface area contributed by atoms with E-state index in [1.165, 1.54) is 11.0 Å². The highest BCUT2D eigenvalue weighted by atomic mass is 32.2. The molecule has 2 amide bonds. The van der Waals surface area contributed by atoms with Crippen LogP contribution in [-0.2, 0) is 14.8 Å². The zero-order chi connectivity index (χ0) is 18.7. The van der Waals surface area contributed by atoms with Gasteiger partial charge in [-0.2, -0.15) is 8.42 Å². The first-order valence-corrected chi connectivity index (χ1v) is 9.12. The maximum absolute atomic E-state index is 12.1. The Morgan fingerprint density at radius 1 is 1.00 bits per heavy atom. The van der Waals surface area contributed by atoms with E-state index in [2.05, 4.69) is 15.2 Å². The third-order valence-electron chi connectivity index (χ3n) is 3.71. The summed E-state index contributed by atoms with van der Waals surface area (Å²) >= 11 is 0. The number of benzene rings is 2. The summed E-state index contributed by atoms with van der Waals surface area (Å²) in [5.41, 5.74) is 5.45. The molecule has 0 unspecified atom stereocenters. The Hall–Kier alpha value is -3.20. The van der Waals surface area contributed by atoms with Gasteiger partial charge >= 0.3 is 0 Å². The normalized spacial score (nSPS) is 14.1. The zero-order valence-electron chi connectivity index (χ0n) is 13.8. The van der Waals surface area contributed by atoms with E-state index in [4.69, 9.17) is 0 Å². The van der Waals surface area contributed by atoms with Crippen molar-refractivity contribution in [2.75, 3.05) is 13.6 Å². The quantitative estimate of drug-likeness (QED) is 0.764. The van der Waals surface area contributed by atoms with Gasteiger partial charge in [-0.05, 0) is 24.3 Å². The minimum absolute atomic E-state index is 0.111. The fourth-order valence-corrected chi connectivity index (χ4v) is 3.73. The number of sulfonamides is 1. The molecule has 2 aromatic carbocycles. The van der Waals surface area contributed by atoms with Gasteiger partial charge in [-0.3, -0.25) is 20.4 Å². The lowest BCUT2D eigenvalue weighted by molar-refractivity contribution is -0.122. The molecule has 0 saturated carbocycles. The fourth-order valence-electron chi connectivity index (χ4n) is 2.48. The molecule has 0 radical (unpaired) electrons. The predicted octanol–water partition coefficient (Wildman–Crippen LogP) is 0.529. The lowest BCUT2D eigenvalue weighted by Crippen LogP contribution is -2.46. The van der Waals surface area contributed by atoms with Crippen LogP contribution >= 0.6 is 0 Å². The van der Waals surface area contributed by atoms with Crippen LogP contribution in [-0.4, -0.2) is 44.6 Å². The molecule has 0 saturated heterocycles. The van der Waals surface area contributed by atoms with E-state index in [-0.39, 0.29) is 17.3 Å². The van der Waals surface area contributed by atoms with Crippen molar-refractivity contribution in [3.63, 3.8) is 0 Å². The molecular formula is C17H16N4O4S. The summed E-state index contributed by atoms with van der Waals surface area (Å²) < 4.78 is 27.8. The Morgan fingerprint density at radius 2 is 1.65 bits per heavy atom. The highest BCUT2D eigenvalue weighted by Crippen LogP contribution is 2.26. The van der Waals surface area contributed by atoms with Gasteiger partial charge in [0.2, 0.25) is 0 Å². The van der Waals surface area contributed by atoms with Crippen LogP contribution in [0.4, 0.5) is 0 Å². The largest absolute Gasteiger partial charge is 0.349 e. The molecule has 2 aromatic rings. The standard InChI is InChI=1S/C17H16N4O4S/c1-21(16-13-9-5-6-10-14(13)26(24,25)20-16)11-15(22)18-19-17(23)12-7-3-2-4-8-12/h2-10H,11H2,1H3,(H,18,22)(H,19,23). The summed E-state index contributed by atoms with van der Waals surface area (Å²) in [6.07, 6.45) is 0. The Kier molecular flexibility index (Phi) is 4.72. The lowest BCUT2D eigenvalue weighted by atomic mass is 10.2. The van der Waals surface area contributed by atoms with Crippen molar-refractivity contribution < 1.29 is 18.0 Å². The molecule has 1 aliphatic heterocycles. The molecule has 1 aliphatic rings. The average Bonchev–Trinajstić information content (AvgIpc) is 2.92. The number of fused-ring (bicyclic) bond motifs is 1. The number of amidine groups is 1. The summed E-state index contributed by atoms with van der Waals surface area (Å²) in [7, 11) is -2.20. The number of hydrogen-bond donors (Lipinski definition) is 2. The maximum atomic E-state index is 12.1. The third kappa shape index (κ3) is 3.57. The van der Waals surface area contributed by atoms with Crippen LogP contribution in [0.15, 0.2) is 63.9 Å². The van der Waals surface area contributed by atoms with Gasteiger partial charge in [0.1, 0.15) is 4.90 Å². The highest BCUT2D eigenvalue weighted by molar-refractivity contribution is 7.90. The SMILES string of the molecule is CN(CC(=O)NNC(=O)c1ccccc1)C1=NS(=O)(=O)c2ccccc21. The van der Waals surface area contributed by atoms with Crippen molar-refractivity contribution in [1.29, 1.82) is 0 Å². The van der Waals surface area contributed by atoms with Crippen molar-refractivity contribution in [1.82, 2.24) is 15.8 Å². The van der Waals surface area contributed by atoms with Gasteiger partial charge in [0.25, 0.3) is 21.8 Å². The molecule has 3 rings (SSSR count). The summed E-state index contributed by atoms with van der Waals surface area (Å²) in [6.45, 7) is -0.183. The second-order valence-corrected chi connectivity index (χ2v) is 7.18. The molecule has 8 nitrogen and oxygen atoms in total. The van der Waals surface area contributed by atoms with Gasteiger partial charge in [-0.15, -0.1) is 4.40 Å². The number of nitrogens with zero attached hydrogens (tertiary/aromatic N) is 2. The van der Waals surface area contributed by atoms with E-state index < -0.39 is 21.8 Å². The number of amides is 2. The van der Waals surface area contributed by atoms with Crippen LogP contribution in [0, 0.1) is 0 Å². The van der Waals surface area contributed by atoms with Crippen LogP contribution in [0.5, 0.6) is 0 Å². The second-order valence-electron chi connectivity index (χ2n) is 5.61. The highest BCUT2D eigenvalue weighted by Gasteiger charge is 2.30. The van der Waals surface area contributed by atoms with Crippen molar-refractivity contribution in [3.8, 4) is 0 Å². The Balaban J connectivity index is 1.63. The van der Waals surface area contributed by atoms with Gasteiger partial charge in [0.05, 0.1) is 6.54 Å². The van der Waals surface area contributed by atoms with Crippen molar-refractivity contribution in [2.24, 2.45) is 4.40 Å². The molecule has 9 heteroatoms. The van der Waals surface area contributed by atoms with Crippen molar-refractivity contribution in [2.45, 2.75) is 4.90 Å². The van der Waals surface area contributed by atoms with Crippen LogP contribution in [0.25, 0.3) is 0 Å². The number of carbonyl (C=O) groups excluding carboxylic acids is 2. The van der Waals surface area contributed by atoms with E-state index in [9.17, 15) is 18.0 Å². The van der Waals surface area contributed by atoms with Gasteiger partial charge in [0.15, 0.2) is 5.84 Å². The molecule has 0 spiro atoms. The molecule has 1 heterocycles. The first-order valence-electron chi connectivity index (χ1n) is 7.68. The number of rotatable bonds is 3. The second kappa shape index (κ2) is 6.96. The smallest absolute Gasteiger partial charge is 0.285 e. The van der Waals surface area contributed by atoms with Gasteiger partial charge < -0.3 is 4.90 Å². The van der Waals surface area contributed by atoms with E-state index in [0.717, 1.165) is 0 Å². The van der Waals surface area contributed by atoms with Crippen LogP contribution < -0.4 is 10.9 Å². The van der Waals surface area contributed by atoms with E-state index >= 15 is 0 Å². The van der Waals surface area contributed by atoms with Crippen LogP contribution in [0.3, 0.4) is 0 Å². The molecule has 134 valence electrons. The monoisotopic (exact) mass is 372 g/mol. The van der Waals surface area contributed by atoms with Gasteiger partial charge in [-0.25, -0.2) is 0 Å². The Bertz CT molecular complexity index is 987. The van der Waals surface area contributed by atoms with E-state index in [1.807, 2.05) is 0 Å². The molecular weight excluding hydrogens is 356 g/mol. The summed E-state index contributed by atoms with van der Waals surface area (Å²) in [6, 6.07) is 14.8. The summed E-state index contributed by atoms with van der Waals surface area (Å²) in [5.74, 6) is -0.779. The lowest BCUT2D eigenvalue weighted by Gasteiger charge is -2.18. The first kappa shape index (κ1) is 17.6. The topological polar surface area (TPSA) is 108 Å². The summed E-state index contributed by atoms with van der Waals surface area (Å²) in [4.78, 5) is 25.5. The maximum Gasteiger partial charge on any atom is 0.285 e. The molecule has 0 aromatic heterocycles. The predicted molar refractivity (Wildman–Crippen MR) is 94.8 cm³/mol. The van der Waals surface area contributed by atoms with Gasteiger partial charge in [0, 0.05) is 18.2 Å². The van der Waals surface area contributed by atoms with Gasteiger partial charge in [-0.1, -0.05) is 30.3 Å². The number of nitrogens with one attached hydrogen (secondary N) is 2. The van der Waals surface area contributed by atoms with Crippen LogP contribution in [0.1, 0.15) is 15.9 Å². The minimum atomic E-state index is -3.75. The molecule has 0 aliphatic carbocycles. The first-order chi connectivity index (χ1) is 12.4. The molecule has 0 fully saturated rings. The van der Waals surface area contributed by atoms with E-state index in [1.54, 1.807) is 55.6 Å². The number of carbonyl (C=O) groups is 2. The van der Waals surface area contributed by atoms with Crippen molar-refractivity contribution >= 4 is 27.7 Å². The minimum Gasteiger partial charge on any atom is -0.349 e. The molecule has 0 atom stereocenters. The molecule has 26 heavy (non-hydrogen) atoms. The third-order valence-corrected chi connectivity index (χ3v) is 5.03. The van der Waals surface area contributed by atoms with Crippen molar-refractivity contribution in [3.05, 3.63) is 65.7 Å². The fraction of sp³-hybridized carbons (Fsp3) is 0.118. The average molecular weight is 372 g/mol. The Labute approximate surface area is 150 Å². The molecule has 2 N–H and O–H groups in total. The number of hydrogen-bond acceptors (Lipinski definition) is 5. The number of likely N-dealkylation sites (N-methyl/N-ethyl adjacent to an activating group) is 1. The summed E-state index contributed by atoms with van der Waals surface area (Å²) in [5, 5.41) is 0. The zero-order valence-corrected chi connectivity index (χ0v) is 14.7.